The zero-order valence-electron chi connectivity index (χ0n) is 11.0. The van der Waals surface area contributed by atoms with Gasteiger partial charge < -0.3 is 22.1 Å². The molecule has 2 aromatic carbocycles. The molecule has 1 radical (unpaired) electrons. The molecule has 21 heavy (non-hydrogen) atoms. The minimum Gasteiger partial charge on any atom is -0.376 e. The largest absolute Gasteiger partial charge is 0.376 e. The summed E-state index contributed by atoms with van der Waals surface area (Å²) in [4.78, 5) is 0. The fourth-order valence-corrected chi connectivity index (χ4v) is 1.56. The maximum absolute atomic E-state index is 5.24. The van der Waals surface area contributed by atoms with Gasteiger partial charge in [0.25, 0.3) is 0 Å². The van der Waals surface area contributed by atoms with Crippen molar-refractivity contribution in [3.8, 4) is 0 Å². The summed E-state index contributed by atoms with van der Waals surface area (Å²) in [5.41, 5.74) is 12.3. The first-order valence-electron chi connectivity index (χ1n) is 5.81. The molecule has 0 unspecified atom stereocenters. The van der Waals surface area contributed by atoms with Crippen LogP contribution in [0.5, 0.6) is 0 Å². The summed E-state index contributed by atoms with van der Waals surface area (Å²) in [5.74, 6) is 0. The molecule has 0 aromatic heterocycles. The standard InChI is InChI=1S/2C7H8N2S.Cu/c2*8-7(10)9-6-4-2-1-3-5-6;/h2*1-5H,(H3,8,9,10);. The number of hydrogen-bond acceptors (Lipinski definition) is 2. The first kappa shape index (κ1) is 19.3. The molecule has 0 heterocycles. The summed E-state index contributed by atoms with van der Waals surface area (Å²) in [6.07, 6.45) is 0. The Morgan fingerprint density at radius 3 is 1.19 bits per heavy atom. The van der Waals surface area contributed by atoms with E-state index >= 15 is 0 Å². The average molecular weight is 368 g/mol. The van der Waals surface area contributed by atoms with Gasteiger partial charge in [0.2, 0.25) is 0 Å². The van der Waals surface area contributed by atoms with Crippen LogP contribution < -0.4 is 22.1 Å². The molecule has 0 bridgehead atoms. The van der Waals surface area contributed by atoms with Gasteiger partial charge in [-0.25, -0.2) is 0 Å². The van der Waals surface area contributed by atoms with Crippen LogP contribution in [0.4, 0.5) is 11.4 Å². The Labute approximate surface area is 145 Å². The van der Waals surface area contributed by atoms with Crippen molar-refractivity contribution in [1.29, 1.82) is 0 Å². The van der Waals surface area contributed by atoms with Gasteiger partial charge >= 0.3 is 0 Å². The molecule has 0 atom stereocenters. The van der Waals surface area contributed by atoms with Crippen LogP contribution in [0.25, 0.3) is 0 Å². The van der Waals surface area contributed by atoms with Crippen molar-refractivity contribution in [3.05, 3.63) is 60.7 Å². The third-order valence-corrected chi connectivity index (χ3v) is 2.29. The van der Waals surface area contributed by atoms with E-state index in [9.17, 15) is 0 Å². The van der Waals surface area contributed by atoms with Crippen LogP contribution >= 0.6 is 24.4 Å². The number of thiocarbonyl (C=S) groups is 2. The first-order valence-corrected chi connectivity index (χ1v) is 6.62. The fraction of sp³-hybridized carbons (Fsp3) is 0. The van der Waals surface area contributed by atoms with E-state index in [0.29, 0.717) is 10.2 Å². The second kappa shape index (κ2) is 11.0. The summed E-state index contributed by atoms with van der Waals surface area (Å²) < 4.78 is 0. The van der Waals surface area contributed by atoms with Gasteiger partial charge in [-0.2, -0.15) is 0 Å². The summed E-state index contributed by atoms with van der Waals surface area (Å²) in [5, 5.41) is 6.22. The zero-order valence-corrected chi connectivity index (χ0v) is 13.6. The Morgan fingerprint density at radius 1 is 0.667 bits per heavy atom. The van der Waals surface area contributed by atoms with Crippen LogP contribution in [0.3, 0.4) is 0 Å². The number of hydrogen-bond donors (Lipinski definition) is 4. The Balaban J connectivity index is 0.000000364. The van der Waals surface area contributed by atoms with Crippen LogP contribution in [0.2, 0.25) is 0 Å². The summed E-state index contributed by atoms with van der Waals surface area (Å²) in [6, 6.07) is 19.1. The molecule has 0 amide bonds. The van der Waals surface area contributed by atoms with Gasteiger partial charge in [-0.05, 0) is 48.7 Å². The van der Waals surface area contributed by atoms with Gasteiger partial charge in [0, 0.05) is 28.4 Å². The molecule has 0 aliphatic rings. The molecule has 0 saturated heterocycles. The Bertz CT molecular complexity index is 498. The van der Waals surface area contributed by atoms with Gasteiger partial charge in [-0.3, -0.25) is 0 Å². The van der Waals surface area contributed by atoms with Gasteiger partial charge in [0.1, 0.15) is 0 Å². The van der Waals surface area contributed by atoms with E-state index < -0.39 is 0 Å². The Kier molecular flexibility index (Phi) is 10.2. The van der Waals surface area contributed by atoms with E-state index in [1.165, 1.54) is 0 Å². The molecule has 0 saturated carbocycles. The third kappa shape index (κ3) is 9.81. The predicted octanol–water partition coefficient (Wildman–Crippen LogP) is 2.68. The molecule has 2 rings (SSSR count). The number of anilines is 2. The molecule has 0 aliphatic heterocycles. The van der Waals surface area contributed by atoms with E-state index in [1.54, 1.807) is 0 Å². The van der Waals surface area contributed by atoms with Crippen LogP contribution in [0.15, 0.2) is 60.7 Å². The van der Waals surface area contributed by atoms with E-state index in [1.807, 2.05) is 60.7 Å². The Morgan fingerprint density at radius 2 is 0.952 bits per heavy atom. The molecule has 4 nitrogen and oxygen atoms in total. The van der Waals surface area contributed by atoms with Crippen molar-refractivity contribution in [1.82, 2.24) is 0 Å². The Hall–Kier alpha value is -1.66. The van der Waals surface area contributed by atoms with Crippen LogP contribution in [-0.2, 0) is 17.1 Å². The molecule has 0 spiro atoms. The van der Waals surface area contributed by atoms with Crippen molar-refractivity contribution in [2.75, 3.05) is 10.6 Å². The van der Waals surface area contributed by atoms with E-state index in [0.717, 1.165) is 11.4 Å². The van der Waals surface area contributed by atoms with Crippen molar-refractivity contribution in [2.45, 2.75) is 0 Å². The molecule has 6 N–H and O–H groups in total. The average Bonchev–Trinajstić information content (AvgIpc) is 2.40. The number of nitrogens with one attached hydrogen (secondary N) is 2. The molecule has 7 heteroatoms. The van der Waals surface area contributed by atoms with E-state index in [-0.39, 0.29) is 17.1 Å². The predicted molar refractivity (Wildman–Crippen MR) is 93.7 cm³/mol. The van der Waals surface area contributed by atoms with Crippen molar-refractivity contribution in [2.24, 2.45) is 11.5 Å². The maximum atomic E-state index is 5.24. The third-order valence-electron chi connectivity index (χ3n) is 2.08. The molecule has 115 valence electrons. The SMILES string of the molecule is NC(=S)Nc1ccccc1.NC(=S)Nc1ccccc1.[Cu]. The number of rotatable bonds is 2. The minimum absolute atomic E-state index is 0. The quantitative estimate of drug-likeness (QED) is 0.483. The molecular formula is C14H16CuN4S2. The monoisotopic (exact) mass is 367 g/mol. The van der Waals surface area contributed by atoms with Gasteiger partial charge in [-0.1, -0.05) is 36.4 Å². The van der Waals surface area contributed by atoms with Crippen LogP contribution in [-0.4, -0.2) is 10.2 Å². The van der Waals surface area contributed by atoms with Crippen LogP contribution in [0, 0.1) is 0 Å². The van der Waals surface area contributed by atoms with Gasteiger partial charge in [0.15, 0.2) is 10.2 Å². The minimum atomic E-state index is 0. The van der Waals surface area contributed by atoms with Crippen molar-refractivity contribution in [3.63, 3.8) is 0 Å². The van der Waals surface area contributed by atoms with Crippen molar-refractivity contribution >= 4 is 46.0 Å². The number of nitrogens with two attached hydrogens (primary N) is 2. The summed E-state index contributed by atoms with van der Waals surface area (Å²) in [6.45, 7) is 0. The fourth-order valence-electron chi connectivity index (χ4n) is 1.33. The summed E-state index contributed by atoms with van der Waals surface area (Å²) in [7, 11) is 0. The van der Waals surface area contributed by atoms with Crippen molar-refractivity contribution < 1.29 is 17.1 Å². The second-order valence-electron chi connectivity index (χ2n) is 3.71. The summed E-state index contributed by atoms with van der Waals surface area (Å²) >= 11 is 9.29. The topological polar surface area (TPSA) is 76.1 Å². The van der Waals surface area contributed by atoms with E-state index in [2.05, 4.69) is 35.1 Å². The van der Waals surface area contributed by atoms with Gasteiger partial charge in [-0.15, -0.1) is 0 Å². The molecule has 0 aliphatic carbocycles. The normalized spacial score (nSPS) is 8.38. The van der Waals surface area contributed by atoms with E-state index in [4.69, 9.17) is 11.5 Å². The molecule has 0 fully saturated rings. The molecule has 2 aromatic rings. The first-order chi connectivity index (χ1) is 9.58. The number of benzene rings is 2. The smallest absolute Gasteiger partial charge is 0.168 e. The zero-order chi connectivity index (χ0) is 14.8. The van der Waals surface area contributed by atoms with Gasteiger partial charge in [0.05, 0.1) is 0 Å². The molecular weight excluding hydrogens is 352 g/mol. The van der Waals surface area contributed by atoms with Crippen LogP contribution in [0.1, 0.15) is 0 Å². The maximum Gasteiger partial charge on any atom is 0.168 e. The number of para-hydroxylation sites is 2. The second-order valence-corrected chi connectivity index (χ2v) is 4.59.